The fourth-order valence-electron chi connectivity index (χ4n) is 3.49. The summed E-state index contributed by atoms with van der Waals surface area (Å²) < 4.78 is 0. The van der Waals surface area contributed by atoms with Crippen LogP contribution >= 0.6 is 23.2 Å². The third-order valence-corrected chi connectivity index (χ3v) is 5.81. The van der Waals surface area contributed by atoms with Gasteiger partial charge in [-0.2, -0.15) is 0 Å². The van der Waals surface area contributed by atoms with E-state index < -0.39 is 11.7 Å². The predicted octanol–water partition coefficient (Wildman–Crippen LogP) is 5.41. The molecule has 6 nitrogen and oxygen atoms in total. The van der Waals surface area contributed by atoms with Crippen LogP contribution in [0.4, 0.5) is 11.5 Å². The maximum absolute atomic E-state index is 12.7. The summed E-state index contributed by atoms with van der Waals surface area (Å²) in [5, 5.41) is 25.7. The molecule has 0 saturated heterocycles. The molecule has 0 bridgehead atoms. The largest absolute Gasteiger partial charge is 0.389 e. The highest BCUT2D eigenvalue weighted by atomic mass is 35.5. The highest BCUT2D eigenvalue weighted by Gasteiger charge is 2.21. The van der Waals surface area contributed by atoms with Gasteiger partial charge in [-0.15, -0.1) is 0 Å². The van der Waals surface area contributed by atoms with E-state index in [0.717, 1.165) is 0 Å². The number of nitrogens with one attached hydrogen (secondary N) is 2. The number of halogens is 2. The number of hydrogen-bond acceptors (Lipinski definition) is 5. The van der Waals surface area contributed by atoms with Crippen LogP contribution < -0.4 is 10.9 Å². The predicted molar refractivity (Wildman–Crippen MR) is 125 cm³/mol. The van der Waals surface area contributed by atoms with Crippen molar-refractivity contribution in [3.8, 4) is 0 Å². The zero-order valence-electron chi connectivity index (χ0n) is 17.1. The molecule has 1 atom stereocenters. The molecule has 0 aliphatic rings. The number of fused-ring (bicyclic) bond motifs is 3. The second-order valence-electron chi connectivity index (χ2n) is 8.01. The number of aromatic nitrogens is 2. The molecule has 4 N–H and O–H groups in total. The van der Waals surface area contributed by atoms with E-state index in [0.29, 0.717) is 54.4 Å². The van der Waals surface area contributed by atoms with Gasteiger partial charge in [0.05, 0.1) is 38.3 Å². The second kappa shape index (κ2) is 7.80. The number of hydrogen-bond donors (Lipinski definition) is 4. The normalized spacial score (nSPS) is 13.0. The molecule has 31 heavy (non-hydrogen) atoms. The third-order valence-electron chi connectivity index (χ3n) is 5.21. The van der Waals surface area contributed by atoms with Gasteiger partial charge in [0, 0.05) is 17.0 Å². The molecule has 4 aromatic rings. The highest BCUT2D eigenvalue weighted by Crippen LogP contribution is 2.38. The van der Waals surface area contributed by atoms with E-state index in [1.807, 2.05) is 0 Å². The summed E-state index contributed by atoms with van der Waals surface area (Å²) in [6.45, 7) is 4.96. The lowest BCUT2D eigenvalue weighted by Gasteiger charge is -2.20. The van der Waals surface area contributed by atoms with Crippen LogP contribution in [0.15, 0.2) is 47.4 Å². The summed E-state index contributed by atoms with van der Waals surface area (Å²) in [6, 6.07) is 10.3. The van der Waals surface area contributed by atoms with Crippen molar-refractivity contribution in [2.24, 2.45) is 0 Å². The van der Waals surface area contributed by atoms with Crippen molar-refractivity contribution < 1.29 is 10.2 Å². The fourth-order valence-corrected chi connectivity index (χ4v) is 4.08. The molecular formula is C23H21Cl2N3O3. The first-order valence-electron chi connectivity index (χ1n) is 9.68. The van der Waals surface area contributed by atoms with Crippen LogP contribution in [0.25, 0.3) is 21.7 Å². The van der Waals surface area contributed by atoms with Crippen molar-refractivity contribution in [3.05, 3.63) is 74.1 Å². The molecule has 0 unspecified atom stereocenters. The van der Waals surface area contributed by atoms with Gasteiger partial charge in [-0.1, -0.05) is 29.3 Å². The first kappa shape index (κ1) is 21.6. The van der Waals surface area contributed by atoms with Crippen molar-refractivity contribution in [1.82, 2.24) is 9.97 Å². The van der Waals surface area contributed by atoms with Crippen molar-refractivity contribution in [2.45, 2.75) is 32.5 Å². The molecule has 8 heteroatoms. The molecule has 0 fully saturated rings. The van der Waals surface area contributed by atoms with E-state index in [9.17, 15) is 15.0 Å². The molecule has 4 rings (SSSR count). The molecule has 2 aromatic heterocycles. The third kappa shape index (κ3) is 4.00. The van der Waals surface area contributed by atoms with Crippen LogP contribution in [0.3, 0.4) is 0 Å². The van der Waals surface area contributed by atoms with Gasteiger partial charge in [0.1, 0.15) is 5.82 Å². The molecule has 0 spiro atoms. The van der Waals surface area contributed by atoms with Gasteiger partial charge in [0.2, 0.25) is 0 Å². The number of H-pyrrole nitrogens is 1. The van der Waals surface area contributed by atoms with Gasteiger partial charge in [-0.25, -0.2) is 4.98 Å². The average Bonchev–Trinajstić information content (AvgIpc) is 2.69. The summed E-state index contributed by atoms with van der Waals surface area (Å²) >= 11 is 12.9. The van der Waals surface area contributed by atoms with Gasteiger partial charge in [0.25, 0.3) is 5.56 Å². The fraction of sp³-hybridized carbons (Fsp3) is 0.217. The number of anilines is 2. The molecule has 0 aliphatic carbocycles. The zero-order chi connectivity index (χ0) is 22.5. The van der Waals surface area contributed by atoms with Gasteiger partial charge in [-0.3, -0.25) is 4.79 Å². The molecule has 0 radical (unpaired) electrons. The standard InChI is InChI=1S/C23H21Cl2N3O3/c1-11(29)12-4-5-18-15(8-12)19-14(6-7-26-22(19)30)21(27-18)28-20-16(24)9-13(10-17(20)25)23(2,3)31/h4-11,29,31H,1-3H3,(H,26,30)(H,27,28)/t11-/m1/s1. The Labute approximate surface area is 188 Å². The summed E-state index contributed by atoms with van der Waals surface area (Å²) in [6.07, 6.45) is 0.870. The van der Waals surface area contributed by atoms with E-state index >= 15 is 0 Å². The molecule has 2 heterocycles. The van der Waals surface area contributed by atoms with Crippen LogP contribution in [-0.4, -0.2) is 20.2 Å². The molecule has 160 valence electrons. The SMILES string of the molecule is C[C@@H](O)c1ccc2nc(Nc3c(Cl)cc(C(C)(C)O)cc3Cl)c3cc[nH]c(=O)c3c2c1. The molecule has 0 saturated carbocycles. The Bertz CT molecular complexity index is 1350. The van der Waals surface area contributed by atoms with Gasteiger partial charge in [0.15, 0.2) is 0 Å². The quantitative estimate of drug-likeness (QED) is 0.307. The van der Waals surface area contributed by atoms with Gasteiger partial charge >= 0.3 is 0 Å². The molecule has 0 amide bonds. The van der Waals surface area contributed by atoms with Crippen molar-refractivity contribution in [1.29, 1.82) is 0 Å². The van der Waals surface area contributed by atoms with E-state index in [1.165, 1.54) is 0 Å². The highest BCUT2D eigenvalue weighted by molar-refractivity contribution is 6.39. The Morgan fingerprint density at radius 3 is 2.39 bits per heavy atom. The van der Waals surface area contributed by atoms with Crippen LogP contribution in [0.5, 0.6) is 0 Å². The Morgan fingerprint density at radius 2 is 1.77 bits per heavy atom. The average molecular weight is 458 g/mol. The van der Waals surface area contributed by atoms with Crippen molar-refractivity contribution in [2.75, 3.05) is 5.32 Å². The lowest BCUT2D eigenvalue weighted by molar-refractivity contribution is 0.0786. The van der Waals surface area contributed by atoms with Crippen molar-refractivity contribution >= 4 is 56.4 Å². The van der Waals surface area contributed by atoms with E-state index in [2.05, 4.69) is 15.3 Å². The first-order valence-corrected chi connectivity index (χ1v) is 10.4. The zero-order valence-corrected chi connectivity index (χ0v) is 18.6. The Morgan fingerprint density at radius 1 is 1.10 bits per heavy atom. The van der Waals surface area contributed by atoms with E-state index in [4.69, 9.17) is 23.2 Å². The van der Waals surface area contributed by atoms with Crippen LogP contribution in [0.1, 0.15) is 38.0 Å². The van der Waals surface area contributed by atoms with E-state index in [1.54, 1.807) is 63.4 Å². The number of aliphatic hydroxyl groups is 2. The lowest BCUT2D eigenvalue weighted by Crippen LogP contribution is -2.15. The summed E-state index contributed by atoms with van der Waals surface area (Å²) in [5.41, 5.74) is 0.889. The Kier molecular flexibility index (Phi) is 5.43. The maximum Gasteiger partial charge on any atom is 0.256 e. The molecule has 0 aliphatic heterocycles. The summed E-state index contributed by atoms with van der Waals surface area (Å²) in [5.74, 6) is 0.415. The minimum atomic E-state index is -1.10. The van der Waals surface area contributed by atoms with Gasteiger partial charge in [-0.05, 0) is 62.2 Å². The van der Waals surface area contributed by atoms with Gasteiger partial charge < -0.3 is 20.5 Å². The number of nitrogens with zero attached hydrogens (tertiary/aromatic N) is 1. The topological polar surface area (TPSA) is 98.2 Å². The molecular weight excluding hydrogens is 437 g/mol. The summed E-state index contributed by atoms with van der Waals surface area (Å²) in [7, 11) is 0. The van der Waals surface area contributed by atoms with Crippen LogP contribution in [-0.2, 0) is 5.60 Å². The van der Waals surface area contributed by atoms with E-state index in [-0.39, 0.29) is 5.56 Å². The second-order valence-corrected chi connectivity index (χ2v) is 8.82. The monoisotopic (exact) mass is 457 g/mol. The minimum absolute atomic E-state index is 0.273. The smallest absolute Gasteiger partial charge is 0.256 e. The Hall–Kier alpha value is -2.64. The van der Waals surface area contributed by atoms with Crippen LogP contribution in [0.2, 0.25) is 10.0 Å². The Balaban J connectivity index is 1.94. The van der Waals surface area contributed by atoms with Crippen molar-refractivity contribution in [3.63, 3.8) is 0 Å². The number of rotatable bonds is 4. The summed E-state index contributed by atoms with van der Waals surface area (Å²) in [4.78, 5) is 20.1. The number of pyridine rings is 2. The molecule has 2 aromatic carbocycles. The lowest BCUT2D eigenvalue weighted by atomic mass is 9.98. The first-order chi connectivity index (χ1) is 14.6. The number of aliphatic hydroxyl groups excluding tert-OH is 1. The number of benzene rings is 2. The number of aromatic amines is 1. The maximum atomic E-state index is 12.7. The minimum Gasteiger partial charge on any atom is -0.389 e. The van der Waals surface area contributed by atoms with Crippen LogP contribution in [0, 0.1) is 0 Å².